The van der Waals surface area contributed by atoms with Gasteiger partial charge < -0.3 is 15.4 Å². The number of allylic oxidation sites excluding steroid dienone is 1. The van der Waals surface area contributed by atoms with Gasteiger partial charge in [0.1, 0.15) is 11.6 Å². The lowest BCUT2D eigenvalue weighted by Gasteiger charge is -2.22. The highest BCUT2D eigenvalue weighted by atomic mass is 16.5. The Labute approximate surface area is 208 Å². The molecule has 2 aromatic heterocycles. The van der Waals surface area contributed by atoms with Crippen molar-refractivity contribution in [1.29, 1.82) is 0 Å². The van der Waals surface area contributed by atoms with Gasteiger partial charge in [-0.15, -0.1) is 0 Å². The molecule has 6 nitrogen and oxygen atoms in total. The van der Waals surface area contributed by atoms with Gasteiger partial charge in [0.15, 0.2) is 0 Å². The van der Waals surface area contributed by atoms with Gasteiger partial charge in [-0.25, -0.2) is 14.8 Å². The maximum absolute atomic E-state index is 13.0. The molecular weight excluding hydrogens is 436 g/mol. The Balaban J connectivity index is 2.10. The summed E-state index contributed by atoms with van der Waals surface area (Å²) >= 11 is 0. The molecule has 0 radical (unpaired) electrons. The van der Waals surface area contributed by atoms with Crippen LogP contribution in [0.15, 0.2) is 48.3 Å². The van der Waals surface area contributed by atoms with E-state index in [1.807, 2.05) is 50.5 Å². The van der Waals surface area contributed by atoms with Crippen molar-refractivity contribution in [3.05, 3.63) is 70.6 Å². The molecule has 3 aromatic rings. The predicted molar refractivity (Wildman–Crippen MR) is 145 cm³/mol. The molecule has 1 aromatic carbocycles. The van der Waals surface area contributed by atoms with Crippen molar-refractivity contribution in [3.63, 3.8) is 0 Å². The van der Waals surface area contributed by atoms with Crippen LogP contribution in [0.25, 0.3) is 22.3 Å². The number of nitrogens with zero attached hydrogens (tertiary/aromatic N) is 2. The number of ether oxygens (including phenoxy) is 1. The van der Waals surface area contributed by atoms with Crippen LogP contribution >= 0.6 is 0 Å². The summed E-state index contributed by atoms with van der Waals surface area (Å²) in [7, 11) is 1.42. The molecule has 0 aliphatic carbocycles. The van der Waals surface area contributed by atoms with E-state index in [-0.39, 0.29) is 12.0 Å². The van der Waals surface area contributed by atoms with Crippen LogP contribution in [0.2, 0.25) is 0 Å². The Hall–Kier alpha value is -3.67. The van der Waals surface area contributed by atoms with Gasteiger partial charge in [0.05, 0.1) is 12.7 Å². The first-order valence-electron chi connectivity index (χ1n) is 11.9. The van der Waals surface area contributed by atoms with Gasteiger partial charge in [0.25, 0.3) is 0 Å². The second kappa shape index (κ2) is 11.2. The van der Waals surface area contributed by atoms with E-state index in [2.05, 4.69) is 61.3 Å². The standard InChI is InChI=1S/C29H36N4O2/c1-17(2)13-14-30-24-11-9-22(15-31-24)26-19(5)20(6)27(28(21(26)7)29(34)35-8)23-10-12-25(32-16-23)33-18(3)4/h9-13,15-16,18H,14H2,1-8H3,(H,30,31)(H,32,33). The summed E-state index contributed by atoms with van der Waals surface area (Å²) in [6.45, 7) is 15.1. The van der Waals surface area contributed by atoms with Crippen LogP contribution in [0, 0.1) is 20.8 Å². The normalized spacial score (nSPS) is 10.8. The van der Waals surface area contributed by atoms with Gasteiger partial charge >= 0.3 is 5.97 Å². The molecule has 2 heterocycles. The second-order valence-corrected chi connectivity index (χ2v) is 9.32. The third-order valence-corrected chi connectivity index (χ3v) is 6.04. The lowest BCUT2D eigenvalue weighted by Crippen LogP contribution is -2.12. The number of pyridine rings is 2. The zero-order valence-electron chi connectivity index (χ0n) is 22.0. The van der Waals surface area contributed by atoms with E-state index >= 15 is 0 Å². The predicted octanol–water partition coefficient (Wildman–Crippen LogP) is 6.72. The number of anilines is 2. The Kier molecular flexibility index (Phi) is 8.28. The van der Waals surface area contributed by atoms with E-state index in [0.29, 0.717) is 5.56 Å². The van der Waals surface area contributed by atoms with Crippen LogP contribution in [-0.2, 0) is 4.74 Å². The van der Waals surface area contributed by atoms with Gasteiger partial charge in [-0.2, -0.15) is 0 Å². The number of carbonyl (C=O) groups is 1. The molecule has 0 bridgehead atoms. The molecule has 0 fully saturated rings. The summed E-state index contributed by atoms with van der Waals surface area (Å²) in [6.07, 6.45) is 5.79. The average molecular weight is 473 g/mol. The highest BCUT2D eigenvalue weighted by Gasteiger charge is 2.25. The fourth-order valence-electron chi connectivity index (χ4n) is 4.24. The van der Waals surface area contributed by atoms with Crippen molar-refractivity contribution in [2.24, 2.45) is 0 Å². The van der Waals surface area contributed by atoms with E-state index in [1.165, 1.54) is 12.7 Å². The topological polar surface area (TPSA) is 76.1 Å². The summed E-state index contributed by atoms with van der Waals surface area (Å²) in [4.78, 5) is 22.2. The van der Waals surface area contributed by atoms with E-state index in [0.717, 1.165) is 57.1 Å². The van der Waals surface area contributed by atoms with Gasteiger partial charge in [0.2, 0.25) is 0 Å². The Morgan fingerprint density at radius 2 is 1.49 bits per heavy atom. The largest absolute Gasteiger partial charge is 0.465 e. The molecule has 0 aliphatic rings. The lowest BCUT2D eigenvalue weighted by atomic mass is 9.83. The van der Waals surface area contributed by atoms with Gasteiger partial charge in [-0.3, -0.25) is 0 Å². The second-order valence-electron chi connectivity index (χ2n) is 9.32. The fourth-order valence-corrected chi connectivity index (χ4v) is 4.24. The zero-order chi connectivity index (χ0) is 25.7. The summed E-state index contributed by atoms with van der Waals surface area (Å²) in [5.41, 5.74) is 8.49. The highest BCUT2D eigenvalue weighted by molar-refractivity contribution is 6.02. The highest BCUT2D eigenvalue weighted by Crippen LogP contribution is 2.39. The van der Waals surface area contributed by atoms with Gasteiger partial charge in [0, 0.05) is 41.7 Å². The Morgan fingerprint density at radius 3 is 2.00 bits per heavy atom. The van der Waals surface area contributed by atoms with Crippen molar-refractivity contribution >= 4 is 17.6 Å². The number of aromatic nitrogens is 2. The molecule has 2 N–H and O–H groups in total. The number of esters is 1. The van der Waals surface area contributed by atoms with Crippen LogP contribution < -0.4 is 10.6 Å². The number of rotatable bonds is 8. The molecule has 184 valence electrons. The Bertz CT molecular complexity index is 1220. The number of nitrogens with one attached hydrogen (secondary N) is 2. The van der Waals surface area contributed by atoms with Crippen LogP contribution in [0.4, 0.5) is 11.6 Å². The molecule has 3 rings (SSSR count). The molecule has 0 atom stereocenters. The maximum atomic E-state index is 13.0. The van der Waals surface area contributed by atoms with Crippen molar-refractivity contribution in [2.75, 3.05) is 24.3 Å². The van der Waals surface area contributed by atoms with Gasteiger partial charge in [-0.05, 0) is 95.0 Å². The van der Waals surface area contributed by atoms with Crippen LogP contribution in [-0.4, -0.2) is 35.6 Å². The molecule has 0 unspecified atom stereocenters. The van der Waals surface area contributed by atoms with E-state index < -0.39 is 0 Å². The number of benzene rings is 1. The van der Waals surface area contributed by atoms with E-state index in [9.17, 15) is 4.79 Å². The van der Waals surface area contributed by atoms with Crippen molar-refractivity contribution < 1.29 is 9.53 Å². The van der Waals surface area contributed by atoms with Gasteiger partial charge in [-0.1, -0.05) is 11.6 Å². The number of hydrogen-bond donors (Lipinski definition) is 2. The first kappa shape index (κ1) is 25.9. The SMILES string of the molecule is COC(=O)c1c(C)c(-c2ccc(NCC=C(C)C)nc2)c(C)c(C)c1-c1ccc(NC(C)C)nc1. The van der Waals surface area contributed by atoms with Crippen LogP contribution in [0.5, 0.6) is 0 Å². The molecule has 0 amide bonds. The first-order valence-corrected chi connectivity index (χ1v) is 11.9. The minimum absolute atomic E-state index is 0.284. The minimum atomic E-state index is -0.362. The summed E-state index contributed by atoms with van der Waals surface area (Å²) in [5.74, 6) is 1.25. The molecule has 0 spiro atoms. The van der Waals surface area contributed by atoms with Crippen LogP contribution in [0.3, 0.4) is 0 Å². The third kappa shape index (κ3) is 5.88. The van der Waals surface area contributed by atoms with Crippen molar-refractivity contribution in [1.82, 2.24) is 9.97 Å². The number of hydrogen-bond acceptors (Lipinski definition) is 6. The third-order valence-electron chi connectivity index (χ3n) is 6.04. The minimum Gasteiger partial charge on any atom is -0.465 e. The molecule has 35 heavy (non-hydrogen) atoms. The van der Waals surface area contributed by atoms with E-state index in [4.69, 9.17) is 4.74 Å². The molecule has 6 heteroatoms. The lowest BCUT2D eigenvalue weighted by molar-refractivity contribution is 0.0600. The summed E-state index contributed by atoms with van der Waals surface area (Å²) in [6, 6.07) is 8.24. The van der Waals surface area contributed by atoms with Crippen molar-refractivity contribution in [2.45, 2.75) is 54.5 Å². The molecule has 0 saturated heterocycles. The maximum Gasteiger partial charge on any atom is 0.338 e. The first-order chi connectivity index (χ1) is 16.6. The quantitative estimate of drug-likeness (QED) is 0.280. The van der Waals surface area contributed by atoms with Crippen molar-refractivity contribution in [3.8, 4) is 22.3 Å². The van der Waals surface area contributed by atoms with Crippen LogP contribution in [0.1, 0.15) is 54.7 Å². The Morgan fingerprint density at radius 1 is 0.914 bits per heavy atom. The zero-order valence-corrected chi connectivity index (χ0v) is 22.0. The van der Waals surface area contributed by atoms with E-state index in [1.54, 1.807) is 0 Å². The number of carbonyl (C=O) groups excluding carboxylic acids is 1. The molecule has 0 saturated carbocycles. The summed E-state index contributed by atoms with van der Waals surface area (Å²) < 4.78 is 5.22. The molecule has 0 aliphatic heterocycles. The smallest absolute Gasteiger partial charge is 0.338 e. The summed E-state index contributed by atoms with van der Waals surface area (Å²) in [5, 5.41) is 6.61. The molecular formula is C29H36N4O2. The number of methoxy groups -OCH3 is 1. The monoisotopic (exact) mass is 472 g/mol. The fraction of sp³-hybridized carbons (Fsp3) is 0.345. The average Bonchev–Trinajstić information content (AvgIpc) is 2.82.